The normalized spacial score (nSPS) is 10.7. The van der Waals surface area contributed by atoms with Crippen molar-refractivity contribution in [3.8, 4) is 0 Å². The Kier molecular flexibility index (Phi) is 34.6. The fourth-order valence-electron chi connectivity index (χ4n) is 1.56. The van der Waals surface area contributed by atoms with Gasteiger partial charge in [0.2, 0.25) is 0 Å². The van der Waals surface area contributed by atoms with Crippen LogP contribution in [0.4, 0.5) is 4.79 Å². The van der Waals surface area contributed by atoms with E-state index in [0.29, 0.717) is 11.0 Å². The Morgan fingerprint density at radius 3 is 1.59 bits per heavy atom. The van der Waals surface area contributed by atoms with Crippen molar-refractivity contribution in [2.24, 2.45) is 0 Å². The summed E-state index contributed by atoms with van der Waals surface area (Å²) >= 11 is 4.77. The molecule has 0 fully saturated rings. The van der Waals surface area contributed by atoms with Gasteiger partial charge in [0.25, 0.3) is 0 Å². The van der Waals surface area contributed by atoms with Crippen molar-refractivity contribution in [1.82, 2.24) is 15.1 Å². The van der Waals surface area contributed by atoms with E-state index in [9.17, 15) is 13.9 Å². The van der Waals surface area contributed by atoms with E-state index in [4.69, 9.17) is 35.9 Å². The van der Waals surface area contributed by atoms with Crippen LogP contribution in [0, 0.1) is 0 Å². The van der Waals surface area contributed by atoms with E-state index in [1.807, 2.05) is 60.9 Å². The summed E-state index contributed by atoms with van der Waals surface area (Å²) in [6.07, 6.45) is -0.264. The Labute approximate surface area is 220 Å². The average Bonchev–Trinajstić information content (AvgIpc) is 2.61. The molecule has 0 bridgehead atoms. The Morgan fingerprint density at radius 2 is 1.33 bits per heavy atom. The SMILES string of the molecule is CN(C)CCN(C)C(=O)OC(C)(C)C.CNCC[N+](C)(C)COP(=O)(O)O.O=P(O)(O)OCCl.[Cl-].[Fm].[Fm].[Fm].[Fm]. The van der Waals surface area contributed by atoms with Crippen molar-refractivity contribution in [2.45, 2.75) is 26.4 Å². The molecule has 14 nitrogen and oxygen atoms in total. The minimum Gasteiger partial charge on any atom is -1.00 e. The van der Waals surface area contributed by atoms with E-state index in [-0.39, 0.29) is 25.2 Å². The number of alkyl halides is 1. The van der Waals surface area contributed by atoms with Crippen LogP contribution in [0.2, 0.25) is 0 Å². The van der Waals surface area contributed by atoms with Crippen LogP contribution in [0.15, 0.2) is 0 Å². The molecule has 0 aliphatic heterocycles. The van der Waals surface area contributed by atoms with E-state index in [1.54, 1.807) is 11.9 Å². The zero-order valence-electron chi connectivity index (χ0n) is 23.1. The van der Waals surface area contributed by atoms with Crippen LogP contribution in [0.25, 0.3) is 0 Å². The number of amides is 1. The minimum absolute atomic E-state index is 0. The maximum atomic E-state index is 11.5. The summed E-state index contributed by atoms with van der Waals surface area (Å²) in [5.74, 6) is 0. The zero-order valence-corrected chi connectivity index (χ0v) is 36.0. The van der Waals surface area contributed by atoms with Crippen molar-refractivity contribution < 1.29 is 64.2 Å². The monoisotopic (exact) mass is 1620 g/mol. The van der Waals surface area contributed by atoms with Crippen LogP contribution in [0.1, 0.15) is 20.8 Å². The molecular formula is C17H44Cl2Fm4N4O10P2. The Bertz CT molecular complexity index is 661. The van der Waals surface area contributed by atoms with Gasteiger partial charge in [-0.05, 0) is 41.9 Å². The number of halogens is 2. The third-order valence-corrected chi connectivity index (χ3v) is 4.53. The van der Waals surface area contributed by atoms with E-state index >= 15 is 0 Å². The fourth-order valence-corrected chi connectivity index (χ4v) is 2.53. The van der Waals surface area contributed by atoms with E-state index in [2.05, 4.69) is 14.4 Å². The molecule has 0 saturated heterocycles. The molecule has 0 radical (unpaired) electrons. The van der Waals surface area contributed by atoms with Crippen molar-refractivity contribution in [3.63, 3.8) is 0 Å². The molecule has 0 saturated carbocycles. The average molecular weight is 1630 g/mol. The number of nitrogens with one attached hydrogen (secondary N) is 1. The van der Waals surface area contributed by atoms with Gasteiger partial charge in [-0.25, -0.2) is 18.4 Å². The van der Waals surface area contributed by atoms with Gasteiger partial charge in [0.15, 0.2) is 6.73 Å². The number of hydrogen-bond acceptors (Lipinski definition) is 8. The molecule has 1 amide bonds. The van der Waals surface area contributed by atoms with Crippen molar-refractivity contribution in [2.75, 3.05) is 81.3 Å². The summed E-state index contributed by atoms with van der Waals surface area (Å²) in [6, 6.07) is -0.482. The summed E-state index contributed by atoms with van der Waals surface area (Å²) in [7, 11) is 2.57. The number of ether oxygens (including phenoxy) is 1. The predicted molar refractivity (Wildman–Crippen MR) is 130 cm³/mol. The molecule has 0 atom stereocenters. The first-order chi connectivity index (χ1) is 15.0. The third kappa shape index (κ3) is 51.5. The molecule has 0 heterocycles. The second kappa shape index (κ2) is 24.3. The maximum Gasteiger partial charge on any atom is 0.474 e. The number of quaternary nitrogens is 1. The molecule has 264 valence electrons. The molecule has 0 unspecified atom stereocenters. The van der Waals surface area contributed by atoms with Crippen molar-refractivity contribution >= 4 is 33.3 Å². The van der Waals surface area contributed by atoms with Crippen LogP contribution < -0.4 is 17.7 Å². The molecule has 0 aromatic carbocycles. The van der Waals surface area contributed by atoms with Gasteiger partial charge in [-0.2, -0.15) is 0 Å². The molecule has 0 aliphatic rings. The number of carbonyl (C=O) groups is 1. The molecule has 0 rings (SSSR count). The standard InChI is InChI=1S/C10H22N2O2.C6H17N2O4P.CH4ClO4P.ClH.4Fm/c1-10(2,3)14-9(13)12(6)8-7-11(4)5;1-7-4-5-8(2,3)6-12-13(9,10)11;2-1-6-7(3,4)5;;;;;/h7-8H2,1-6H3;7H,4-6H2,1-3H3,(H-,9,10,11);1H2,(H2,3,4,5);1H;;;;. The van der Waals surface area contributed by atoms with Gasteiger partial charge in [-0.3, -0.25) is 4.52 Å². The van der Waals surface area contributed by atoms with Gasteiger partial charge in [0.1, 0.15) is 11.7 Å². The summed E-state index contributed by atoms with van der Waals surface area (Å²) in [5.41, 5.74) is -0.413. The quantitative estimate of drug-likeness (QED) is 0.0672. The van der Waals surface area contributed by atoms with Gasteiger partial charge in [-0.15, -0.1) is 0 Å². The number of rotatable bonds is 11. The van der Waals surface area contributed by atoms with Gasteiger partial charge in [-0.1, -0.05) is 11.6 Å². The largest absolute Gasteiger partial charge is 1.00 e. The van der Waals surface area contributed by atoms with Crippen LogP contribution in [-0.4, -0.2) is 127 Å². The van der Waals surface area contributed by atoms with E-state index in [0.717, 1.165) is 19.6 Å². The number of likely N-dealkylation sites (N-methyl/N-ethyl adjacent to an activating group) is 4. The minimum atomic E-state index is -4.33. The number of phosphoric ester groups is 2. The second-order valence-corrected chi connectivity index (χ2v) is 11.6. The number of phosphoric acid groups is 2. The molecule has 39 heavy (non-hydrogen) atoms. The number of nitrogens with zero attached hydrogens (tertiary/aromatic N) is 3. The summed E-state index contributed by atoms with van der Waals surface area (Å²) in [6.45, 7) is 8.65. The Balaban J connectivity index is -0.0000000604. The first kappa shape index (κ1) is 55.5. The van der Waals surface area contributed by atoms with Gasteiger partial charge < -0.3 is 56.3 Å². The van der Waals surface area contributed by atoms with Crippen molar-refractivity contribution in [3.05, 3.63) is 0 Å². The molecular weight excluding hydrogens is 1580 g/mol. The first-order valence-corrected chi connectivity index (χ1v) is 13.7. The van der Waals surface area contributed by atoms with Crippen LogP contribution in [0.3, 0.4) is 0 Å². The van der Waals surface area contributed by atoms with Gasteiger partial charge in [0.05, 0.1) is 20.6 Å². The van der Waals surface area contributed by atoms with Crippen LogP contribution >= 0.6 is 27.2 Å². The fraction of sp³-hybridized carbons (Fsp3) is 0.941. The topological polar surface area (TPSA) is 178 Å². The summed E-state index contributed by atoms with van der Waals surface area (Å²) in [5, 5.41) is 2.96. The van der Waals surface area contributed by atoms with E-state index in [1.165, 1.54) is 0 Å². The molecule has 0 spiro atoms. The Hall–Kier alpha value is -4.05. The van der Waals surface area contributed by atoms with Crippen molar-refractivity contribution in [1.29, 1.82) is 0 Å². The Morgan fingerprint density at radius 1 is 0.923 bits per heavy atom. The zero-order chi connectivity index (χ0) is 27.8. The predicted octanol–water partition coefficient (Wildman–Crippen LogP) is -1.94. The van der Waals surface area contributed by atoms with Gasteiger partial charge >= 0.3 is 21.7 Å². The van der Waals surface area contributed by atoms with Gasteiger partial charge in [0, 0.05) is 26.7 Å². The molecule has 0 aliphatic carbocycles. The molecule has 0 aromatic heterocycles. The first-order valence-electron chi connectivity index (χ1n) is 10.1. The maximum absolute atomic E-state index is 11.5. The summed E-state index contributed by atoms with van der Waals surface area (Å²) in [4.78, 5) is 47.7. The third-order valence-electron chi connectivity index (χ3n) is 3.35. The smallest absolute Gasteiger partial charge is 0.474 e. The molecule has 5 N–H and O–H groups in total. The number of carbonyl (C=O) groups excluding carboxylic acids is 1. The van der Waals surface area contributed by atoms with Crippen LogP contribution in [-0.2, 0) is 22.9 Å². The van der Waals surface area contributed by atoms with E-state index < -0.39 is 27.3 Å². The second-order valence-electron chi connectivity index (χ2n) is 8.95. The summed E-state index contributed by atoms with van der Waals surface area (Å²) < 4.78 is 33.7. The number of hydrogen-bond donors (Lipinski definition) is 5. The molecule has 22 heteroatoms. The van der Waals surface area contributed by atoms with Crippen LogP contribution in [0.5, 0.6) is 0 Å². The molecule has 0 aromatic rings.